The second-order valence-electron chi connectivity index (χ2n) is 4.38. The summed E-state index contributed by atoms with van der Waals surface area (Å²) >= 11 is 0. The first-order chi connectivity index (χ1) is 9.69. The van der Waals surface area contributed by atoms with Crippen molar-refractivity contribution < 1.29 is 14.3 Å². The Hall–Kier alpha value is -2.62. The van der Waals surface area contributed by atoms with Crippen molar-refractivity contribution in [1.82, 2.24) is 0 Å². The predicted molar refractivity (Wildman–Crippen MR) is 76.8 cm³/mol. The van der Waals surface area contributed by atoms with E-state index in [1.165, 1.54) is 0 Å². The van der Waals surface area contributed by atoms with E-state index in [-0.39, 0.29) is 6.61 Å². The quantitative estimate of drug-likeness (QED) is 0.863. The maximum atomic E-state index is 11.7. The van der Waals surface area contributed by atoms with E-state index >= 15 is 0 Å². The number of hydrogen-bond acceptors (Lipinski definition) is 3. The van der Waals surface area contributed by atoms with Crippen LogP contribution in [0.3, 0.4) is 0 Å². The highest BCUT2D eigenvalue weighted by molar-refractivity contribution is 5.87. The Balaban J connectivity index is 1.96. The summed E-state index contributed by atoms with van der Waals surface area (Å²) in [7, 11) is 0. The fourth-order valence-electron chi connectivity index (χ4n) is 1.72. The van der Waals surface area contributed by atoms with E-state index in [1.54, 1.807) is 18.2 Å². The monoisotopic (exact) mass is 269 g/mol. The fraction of sp³-hybridized carbons (Fsp3) is 0.125. The molecule has 0 unspecified atom stereocenters. The van der Waals surface area contributed by atoms with Gasteiger partial charge in [0.15, 0.2) is 0 Å². The molecule has 0 radical (unpaired) electrons. The highest BCUT2D eigenvalue weighted by Crippen LogP contribution is 2.16. The maximum absolute atomic E-state index is 11.7. The van der Waals surface area contributed by atoms with Crippen LogP contribution in [0.4, 0.5) is 10.5 Å². The number of anilines is 1. The highest BCUT2D eigenvalue weighted by atomic mass is 16.5. The molecular formula is C16H15NO3. The second kappa shape index (κ2) is 6.52. The van der Waals surface area contributed by atoms with Crippen molar-refractivity contribution in [3.05, 3.63) is 65.2 Å². The van der Waals surface area contributed by atoms with Crippen LogP contribution in [0.1, 0.15) is 21.5 Å². The van der Waals surface area contributed by atoms with Crippen LogP contribution < -0.4 is 5.32 Å². The average Bonchev–Trinajstić information content (AvgIpc) is 2.48. The molecule has 1 amide bonds. The third kappa shape index (κ3) is 3.68. The minimum Gasteiger partial charge on any atom is -0.444 e. The SMILES string of the molecule is Cc1ccc(C=O)cc1NC(=O)OCc1ccccc1. The smallest absolute Gasteiger partial charge is 0.411 e. The zero-order valence-corrected chi connectivity index (χ0v) is 11.1. The zero-order valence-electron chi connectivity index (χ0n) is 11.1. The first-order valence-electron chi connectivity index (χ1n) is 6.22. The van der Waals surface area contributed by atoms with Crippen LogP contribution in [-0.4, -0.2) is 12.4 Å². The number of ether oxygens (including phenoxy) is 1. The van der Waals surface area contributed by atoms with Gasteiger partial charge in [0.2, 0.25) is 0 Å². The highest BCUT2D eigenvalue weighted by Gasteiger charge is 2.06. The van der Waals surface area contributed by atoms with Gasteiger partial charge in [0, 0.05) is 11.3 Å². The van der Waals surface area contributed by atoms with Gasteiger partial charge in [-0.15, -0.1) is 0 Å². The fourth-order valence-corrected chi connectivity index (χ4v) is 1.72. The van der Waals surface area contributed by atoms with Gasteiger partial charge in [0.05, 0.1) is 0 Å². The molecule has 20 heavy (non-hydrogen) atoms. The maximum Gasteiger partial charge on any atom is 0.411 e. The summed E-state index contributed by atoms with van der Waals surface area (Å²) in [5.74, 6) is 0. The van der Waals surface area contributed by atoms with Gasteiger partial charge in [0.1, 0.15) is 12.9 Å². The van der Waals surface area contributed by atoms with Crippen LogP contribution in [0.25, 0.3) is 0 Å². The predicted octanol–water partition coefficient (Wildman–Crippen LogP) is 3.56. The molecule has 0 fully saturated rings. The minimum atomic E-state index is -0.542. The molecule has 102 valence electrons. The molecule has 0 saturated carbocycles. The lowest BCUT2D eigenvalue weighted by atomic mass is 10.1. The molecule has 2 aromatic rings. The van der Waals surface area contributed by atoms with E-state index in [9.17, 15) is 9.59 Å². The Morgan fingerprint density at radius 3 is 2.65 bits per heavy atom. The number of hydrogen-bond donors (Lipinski definition) is 1. The minimum absolute atomic E-state index is 0.207. The van der Waals surface area contributed by atoms with E-state index in [4.69, 9.17) is 4.74 Å². The number of aryl methyl sites for hydroxylation is 1. The zero-order chi connectivity index (χ0) is 14.4. The first kappa shape index (κ1) is 13.8. The van der Waals surface area contributed by atoms with Gasteiger partial charge in [-0.2, -0.15) is 0 Å². The number of amides is 1. The van der Waals surface area contributed by atoms with Gasteiger partial charge in [-0.1, -0.05) is 42.5 Å². The lowest BCUT2D eigenvalue weighted by molar-refractivity contribution is 0.112. The molecule has 0 aliphatic heterocycles. The third-order valence-electron chi connectivity index (χ3n) is 2.85. The Morgan fingerprint density at radius 2 is 1.95 bits per heavy atom. The molecule has 2 aromatic carbocycles. The number of aldehydes is 1. The van der Waals surface area contributed by atoms with Crippen molar-refractivity contribution in [2.75, 3.05) is 5.32 Å². The molecule has 0 heterocycles. The first-order valence-corrected chi connectivity index (χ1v) is 6.22. The number of benzene rings is 2. The lowest BCUT2D eigenvalue weighted by Gasteiger charge is -2.09. The molecule has 0 bridgehead atoms. The Kier molecular flexibility index (Phi) is 4.50. The summed E-state index contributed by atoms with van der Waals surface area (Å²) in [6, 6.07) is 14.5. The Labute approximate surface area is 117 Å². The van der Waals surface area contributed by atoms with Crippen LogP contribution in [-0.2, 0) is 11.3 Å². The van der Waals surface area contributed by atoms with Crippen molar-refractivity contribution >= 4 is 18.1 Å². The topological polar surface area (TPSA) is 55.4 Å². The Morgan fingerprint density at radius 1 is 1.20 bits per heavy atom. The van der Waals surface area contributed by atoms with Crippen molar-refractivity contribution in [2.24, 2.45) is 0 Å². The van der Waals surface area contributed by atoms with Crippen molar-refractivity contribution in [2.45, 2.75) is 13.5 Å². The van der Waals surface area contributed by atoms with Crippen LogP contribution in [0, 0.1) is 6.92 Å². The van der Waals surface area contributed by atoms with Gasteiger partial charge < -0.3 is 4.74 Å². The van der Waals surface area contributed by atoms with E-state index in [0.717, 1.165) is 17.4 Å². The van der Waals surface area contributed by atoms with Crippen LogP contribution in [0.15, 0.2) is 48.5 Å². The molecule has 0 saturated heterocycles. The third-order valence-corrected chi connectivity index (χ3v) is 2.85. The summed E-state index contributed by atoms with van der Waals surface area (Å²) in [5, 5.41) is 2.64. The summed E-state index contributed by atoms with van der Waals surface area (Å²) in [4.78, 5) is 22.4. The van der Waals surface area contributed by atoms with Crippen LogP contribution in [0.2, 0.25) is 0 Å². The average molecular weight is 269 g/mol. The van der Waals surface area contributed by atoms with Gasteiger partial charge in [-0.05, 0) is 24.1 Å². The normalized spacial score (nSPS) is 9.85. The van der Waals surface area contributed by atoms with E-state index in [1.807, 2.05) is 37.3 Å². The molecule has 0 aromatic heterocycles. The number of carbonyl (C=O) groups is 2. The largest absolute Gasteiger partial charge is 0.444 e. The van der Waals surface area contributed by atoms with Crippen molar-refractivity contribution in [3.8, 4) is 0 Å². The summed E-state index contributed by atoms with van der Waals surface area (Å²) in [5.41, 5.74) is 2.87. The van der Waals surface area contributed by atoms with E-state index in [0.29, 0.717) is 11.3 Å². The molecule has 4 heteroatoms. The standard InChI is InChI=1S/C16H15NO3/c1-12-7-8-14(10-18)9-15(12)17-16(19)20-11-13-5-3-2-4-6-13/h2-10H,11H2,1H3,(H,17,19). The molecular weight excluding hydrogens is 254 g/mol. The van der Waals surface area contributed by atoms with Crippen molar-refractivity contribution in [1.29, 1.82) is 0 Å². The summed E-state index contributed by atoms with van der Waals surface area (Å²) in [6.07, 6.45) is 0.194. The Bertz CT molecular complexity index is 608. The molecule has 0 aliphatic rings. The summed E-state index contributed by atoms with van der Waals surface area (Å²) in [6.45, 7) is 2.06. The van der Waals surface area contributed by atoms with Crippen LogP contribution in [0.5, 0.6) is 0 Å². The van der Waals surface area contributed by atoms with Crippen LogP contribution >= 0.6 is 0 Å². The second-order valence-corrected chi connectivity index (χ2v) is 4.38. The molecule has 4 nitrogen and oxygen atoms in total. The number of rotatable bonds is 4. The van der Waals surface area contributed by atoms with Crippen molar-refractivity contribution in [3.63, 3.8) is 0 Å². The van der Waals surface area contributed by atoms with E-state index in [2.05, 4.69) is 5.32 Å². The molecule has 2 rings (SSSR count). The van der Waals surface area contributed by atoms with Gasteiger partial charge in [-0.25, -0.2) is 4.79 Å². The summed E-state index contributed by atoms with van der Waals surface area (Å²) < 4.78 is 5.12. The molecule has 0 aliphatic carbocycles. The molecule has 0 atom stereocenters. The number of carbonyl (C=O) groups excluding carboxylic acids is 2. The van der Waals surface area contributed by atoms with Gasteiger partial charge in [-0.3, -0.25) is 10.1 Å². The lowest BCUT2D eigenvalue weighted by Crippen LogP contribution is -2.14. The molecule has 0 spiro atoms. The van der Waals surface area contributed by atoms with E-state index < -0.39 is 6.09 Å². The van der Waals surface area contributed by atoms with Gasteiger partial charge in [0.25, 0.3) is 0 Å². The number of nitrogens with one attached hydrogen (secondary N) is 1. The van der Waals surface area contributed by atoms with Gasteiger partial charge >= 0.3 is 6.09 Å². The molecule has 1 N–H and O–H groups in total.